The molecular formula is C38H46N6O9. The maximum absolute atomic E-state index is 13.6. The molecular weight excluding hydrogens is 684 g/mol. The molecule has 0 bridgehead atoms. The van der Waals surface area contributed by atoms with E-state index in [0.717, 1.165) is 0 Å². The van der Waals surface area contributed by atoms with Gasteiger partial charge in [0.15, 0.2) is 5.75 Å². The molecule has 53 heavy (non-hydrogen) atoms. The van der Waals surface area contributed by atoms with Gasteiger partial charge >= 0.3 is 5.69 Å². The number of benzene rings is 3. The van der Waals surface area contributed by atoms with Crippen molar-refractivity contribution in [3.05, 3.63) is 93.8 Å². The Bertz CT molecular complexity index is 1900. The quantitative estimate of drug-likeness (QED) is 0.0485. The van der Waals surface area contributed by atoms with E-state index in [1.807, 2.05) is 48.5 Å². The summed E-state index contributed by atoms with van der Waals surface area (Å²) in [5.74, 6) is -0.455. The van der Waals surface area contributed by atoms with Crippen LogP contribution in [0.5, 0.6) is 17.2 Å². The van der Waals surface area contributed by atoms with Crippen LogP contribution in [0.15, 0.2) is 67.0 Å². The number of nitro groups is 1. The van der Waals surface area contributed by atoms with Crippen molar-refractivity contribution < 1.29 is 38.3 Å². The first-order valence-corrected chi connectivity index (χ1v) is 17.1. The van der Waals surface area contributed by atoms with Crippen molar-refractivity contribution in [1.82, 2.24) is 9.97 Å². The van der Waals surface area contributed by atoms with Gasteiger partial charge in [-0.25, -0.2) is 4.98 Å². The van der Waals surface area contributed by atoms with Gasteiger partial charge in [0.2, 0.25) is 5.95 Å². The number of aromatic nitrogens is 2. The number of rotatable bonds is 17. The number of aromatic amines is 1. The molecule has 0 atom stereocenters. The number of hydrogen-bond acceptors (Lipinski definition) is 10. The molecule has 15 heteroatoms. The number of imidazole rings is 1. The van der Waals surface area contributed by atoms with E-state index in [1.165, 1.54) is 42.6 Å². The van der Waals surface area contributed by atoms with Gasteiger partial charge in [0.25, 0.3) is 17.7 Å². The summed E-state index contributed by atoms with van der Waals surface area (Å²) >= 11 is 0. The van der Waals surface area contributed by atoms with Gasteiger partial charge in [0.05, 0.1) is 41.7 Å². The van der Waals surface area contributed by atoms with E-state index >= 15 is 0 Å². The molecule has 3 aromatic carbocycles. The number of nitro benzene ring substituents is 1. The highest BCUT2D eigenvalue weighted by molar-refractivity contribution is 6.09. The lowest BCUT2D eigenvalue weighted by atomic mass is 10.1. The zero-order valence-corrected chi connectivity index (χ0v) is 30.9. The molecule has 15 nitrogen and oxygen atoms in total. The van der Waals surface area contributed by atoms with Gasteiger partial charge in [-0.1, -0.05) is 27.7 Å². The molecule has 0 fully saturated rings. The molecule has 1 aromatic heterocycles. The van der Waals surface area contributed by atoms with Crippen molar-refractivity contribution in [2.24, 2.45) is 11.8 Å². The van der Waals surface area contributed by atoms with Crippen LogP contribution in [0.3, 0.4) is 0 Å². The van der Waals surface area contributed by atoms with Crippen LogP contribution >= 0.6 is 0 Å². The lowest BCUT2D eigenvalue weighted by Crippen LogP contribution is -2.22. The van der Waals surface area contributed by atoms with E-state index in [0.29, 0.717) is 23.6 Å². The number of nitrogens with one attached hydrogen (secondary N) is 4. The summed E-state index contributed by atoms with van der Waals surface area (Å²) in [6.07, 6.45) is 3.10. The maximum Gasteiger partial charge on any atom is 0.310 e. The highest BCUT2D eigenvalue weighted by Crippen LogP contribution is 2.32. The zero-order valence-electron chi connectivity index (χ0n) is 30.9. The SMILES string of the molecule is CC(C)COc1cc(C(=O)Nc2ncc[nH]2)ccc1NC(=O)c1ccc(NC(=O)c2ccc([N+](=O)[O-])c(OCCOC(C)(C)C)c2)c(OCC(C)C)c1. The molecule has 0 radical (unpaired) electrons. The highest BCUT2D eigenvalue weighted by Gasteiger charge is 2.21. The van der Waals surface area contributed by atoms with Crippen LogP contribution in [0.2, 0.25) is 0 Å². The van der Waals surface area contributed by atoms with E-state index in [4.69, 9.17) is 18.9 Å². The second-order valence-corrected chi connectivity index (χ2v) is 13.9. The van der Waals surface area contributed by atoms with Gasteiger partial charge in [-0.3, -0.25) is 29.8 Å². The van der Waals surface area contributed by atoms with Crippen LogP contribution in [-0.2, 0) is 4.74 Å². The van der Waals surface area contributed by atoms with Crippen molar-refractivity contribution >= 4 is 40.7 Å². The van der Waals surface area contributed by atoms with E-state index in [1.54, 1.807) is 24.4 Å². The minimum absolute atomic E-state index is 0.0382. The molecule has 0 unspecified atom stereocenters. The minimum Gasteiger partial charge on any atom is -0.491 e. The maximum atomic E-state index is 13.6. The first kappa shape index (κ1) is 39.8. The summed E-state index contributed by atoms with van der Waals surface area (Å²) in [5.41, 5.74) is 0.531. The largest absolute Gasteiger partial charge is 0.491 e. The molecule has 3 amide bonds. The molecule has 1 heterocycles. The fourth-order valence-electron chi connectivity index (χ4n) is 4.61. The number of ether oxygens (including phenoxy) is 4. The lowest BCUT2D eigenvalue weighted by molar-refractivity contribution is -0.385. The van der Waals surface area contributed by atoms with Crippen molar-refractivity contribution in [3.8, 4) is 17.2 Å². The minimum atomic E-state index is -0.587. The molecule has 0 aliphatic carbocycles. The number of H-pyrrole nitrogens is 1. The average molecular weight is 731 g/mol. The smallest absolute Gasteiger partial charge is 0.310 e. The van der Waals surface area contributed by atoms with Gasteiger partial charge in [-0.15, -0.1) is 0 Å². The predicted octanol–water partition coefficient (Wildman–Crippen LogP) is 7.34. The third-order valence-corrected chi connectivity index (χ3v) is 7.15. The molecule has 4 N–H and O–H groups in total. The molecule has 0 spiro atoms. The monoisotopic (exact) mass is 730 g/mol. The third kappa shape index (κ3) is 12.1. The fraction of sp³-hybridized carbons (Fsp3) is 0.368. The van der Waals surface area contributed by atoms with Crippen LogP contribution in [0.1, 0.15) is 79.5 Å². The van der Waals surface area contributed by atoms with Gasteiger partial charge in [-0.2, -0.15) is 0 Å². The van der Waals surface area contributed by atoms with Gasteiger partial charge in [0, 0.05) is 41.2 Å². The summed E-state index contributed by atoms with van der Waals surface area (Å²) in [7, 11) is 0. The van der Waals surface area contributed by atoms with E-state index in [9.17, 15) is 24.5 Å². The second-order valence-electron chi connectivity index (χ2n) is 13.9. The zero-order chi connectivity index (χ0) is 38.7. The Balaban J connectivity index is 1.55. The van der Waals surface area contributed by atoms with E-state index in [-0.39, 0.29) is 71.6 Å². The Morgan fingerprint density at radius 3 is 1.68 bits per heavy atom. The summed E-state index contributed by atoms with van der Waals surface area (Å²) in [6, 6.07) is 13.1. The molecule has 0 aliphatic heterocycles. The number of nitrogens with zero attached hydrogens (tertiary/aromatic N) is 2. The predicted molar refractivity (Wildman–Crippen MR) is 200 cm³/mol. The van der Waals surface area contributed by atoms with E-state index in [2.05, 4.69) is 25.9 Å². The summed E-state index contributed by atoms with van der Waals surface area (Å²) < 4.78 is 23.3. The average Bonchev–Trinajstić information content (AvgIpc) is 3.61. The number of hydrogen-bond donors (Lipinski definition) is 4. The molecule has 0 saturated carbocycles. The van der Waals surface area contributed by atoms with Crippen LogP contribution in [0, 0.1) is 22.0 Å². The van der Waals surface area contributed by atoms with Gasteiger partial charge < -0.3 is 34.6 Å². The fourth-order valence-corrected chi connectivity index (χ4v) is 4.61. The summed E-state index contributed by atoms with van der Waals surface area (Å²) in [4.78, 5) is 57.8. The van der Waals surface area contributed by atoms with Crippen molar-refractivity contribution in [3.63, 3.8) is 0 Å². The van der Waals surface area contributed by atoms with Crippen LogP contribution in [0.25, 0.3) is 0 Å². The van der Waals surface area contributed by atoms with Gasteiger partial charge in [-0.05, 0) is 75.1 Å². The number of carbonyl (C=O) groups is 3. The van der Waals surface area contributed by atoms with Crippen LogP contribution in [-0.4, -0.2) is 64.6 Å². The van der Waals surface area contributed by atoms with Crippen LogP contribution < -0.4 is 30.2 Å². The molecule has 4 aromatic rings. The molecule has 4 rings (SSSR count). The lowest BCUT2D eigenvalue weighted by Gasteiger charge is -2.19. The number of carbonyl (C=O) groups excluding carboxylic acids is 3. The van der Waals surface area contributed by atoms with Crippen molar-refractivity contribution in [1.29, 1.82) is 0 Å². The standard InChI is InChI=1S/C38H46N6O9/c1-23(2)21-51-31-18-25(34(45)41-29-12-9-26(19-32(29)52-22-24(3)4)36(47)43-37-39-14-15-40-37)8-11-28(31)42-35(46)27-10-13-30(44(48)49)33(20-27)50-16-17-53-38(5,6)7/h8-15,18-20,23-24H,16-17,21-22H2,1-7H3,(H,41,45)(H,42,46)(H2,39,40,43,47). The van der Waals surface area contributed by atoms with Gasteiger partial charge in [0.1, 0.15) is 18.1 Å². The molecule has 282 valence electrons. The summed E-state index contributed by atoms with van der Waals surface area (Å²) in [5, 5.41) is 20.0. The molecule has 0 aliphatic rings. The van der Waals surface area contributed by atoms with E-state index < -0.39 is 28.2 Å². The second kappa shape index (κ2) is 18.0. The Morgan fingerprint density at radius 2 is 1.23 bits per heavy atom. The Hall–Kier alpha value is -5.96. The Labute approximate surface area is 307 Å². The Kier molecular flexibility index (Phi) is 13.5. The number of anilines is 3. The van der Waals surface area contributed by atoms with Crippen molar-refractivity contribution in [2.75, 3.05) is 42.4 Å². The summed E-state index contributed by atoms with van der Waals surface area (Å²) in [6.45, 7) is 14.4. The third-order valence-electron chi connectivity index (χ3n) is 7.15. The number of amides is 3. The normalized spacial score (nSPS) is 11.3. The van der Waals surface area contributed by atoms with Crippen molar-refractivity contribution in [2.45, 2.75) is 54.1 Å². The molecule has 0 saturated heterocycles. The first-order valence-electron chi connectivity index (χ1n) is 17.1. The topological polar surface area (TPSA) is 196 Å². The van der Waals surface area contributed by atoms with Crippen LogP contribution in [0.4, 0.5) is 23.0 Å². The Morgan fingerprint density at radius 1 is 0.736 bits per heavy atom. The first-order chi connectivity index (χ1) is 25.1. The highest BCUT2D eigenvalue weighted by atomic mass is 16.6.